The van der Waals surface area contributed by atoms with Crippen LogP contribution in [0.2, 0.25) is 0 Å². The number of anilines is 1. The number of oxazole rings is 1. The van der Waals surface area contributed by atoms with Crippen LogP contribution in [0.15, 0.2) is 52.2 Å². The molecule has 1 aromatic heterocycles. The van der Waals surface area contributed by atoms with Gasteiger partial charge in [-0.25, -0.2) is 9.99 Å². The maximum absolute atomic E-state index is 5.61. The molecule has 2 heterocycles. The first-order valence-corrected chi connectivity index (χ1v) is 9.15. The number of allylic oxidation sites excluding steroid dienone is 1. The second-order valence-corrected chi connectivity index (χ2v) is 7.46. The zero-order valence-corrected chi connectivity index (χ0v) is 14.7. The predicted molar refractivity (Wildman–Crippen MR) is 99.0 cm³/mol. The molecule has 25 heavy (non-hydrogen) atoms. The van der Waals surface area contributed by atoms with Crippen LogP contribution in [0.3, 0.4) is 0 Å². The Bertz CT molecular complexity index is 892. The SMILES string of the molecule is Cc1coc(-c2cc(NN3CC4CC3C3=C4CCC=C3)ccc2C)n1. The van der Waals surface area contributed by atoms with Crippen LogP contribution in [-0.4, -0.2) is 22.6 Å². The molecule has 1 aliphatic heterocycles. The minimum absolute atomic E-state index is 0.519. The van der Waals surface area contributed by atoms with E-state index in [0.717, 1.165) is 29.4 Å². The van der Waals surface area contributed by atoms with Gasteiger partial charge in [0.15, 0.2) is 0 Å². The molecule has 2 unspecified atom stereocenters. The van der Waals surface area contributed by atoms with E-state index in [1.54, 1.807) is 17.4 Å². The number of aromatic nitrogens is 1. The van der Waals surface area contributed by atoms with Crippen LogP contribution in [0, 0.1) is 19.8 Å². The minimum Gasteiger partial charge on any atom is -0.444 e. The van der Waals surface area contributed by atoms with Gasteiger partial charge >= 0.3 is 0 Å². The lowest BCUT2D eigenvalue weighted by Gasteiger charge is -2.32. The monoisotopic (exact) mass is 333 g/mol. The second kappa shape index (κ2) is 5.60. The fourth-order valence-corrected chi connectivity index (χ4v) is 4.54. The van der Waals surface area contributed by atoms with Crippen LogP contribution in [0.5, 0.6) is 0 Å². The summed E-state index contributed by atoms with van der Waals surface area (Å²) >= 11 is 0. The molecule has 128 valence electrons. The molecule has 0 amide bonds. The van der Waals surface area contributed by atoms with E-state index in [9.17, 15) is 0 Å². The number of aryl methyl sites for hydroxylation is 2. The first-order chi connectivity index (χ1) is 12.2. The summed E-state index contributed by atoms with van der Waals surface area (Å²) in [5.74, 6) is 1.43. The molecule has 0 radical (unpaired) electrons. The van der Waals surface area contributed by atoms with Gasteiger partial charge in [0, 0.05) is 17.8 Å². The first-order valence-electron chi connectivity index (χ1n) is 9.15. The van der Waals surface area contributed by atoms with Crippen molar-refractivity contribution in [2.24, 2.45) is 5.92 Å². The van der Waals surface area contributed by atoms with E-state index >= 15 is 0 Å². The van der Waals surface area contributed by atoms with Gasteiger partial charge in [-0.1, -0.05) is 23.8 Å². The molecule has 4 nitrogen and oxygen atoms in total. The maximum atomic E-state index is 5.61. The third-order valence-corrected chi connectivity index (χ3v) is 5.76. The van der Waals surface area contributed by atoms with Gasteiger partial charge in [0.1, 0.15) is 6.26 Å². The molecule has 3 aliphatic rings. The van der Waals surface area contributed by atoms with Gasteiger partial charge in [-0.15, -0.1) is 0 Å². The molecule has 1 fully saturated rings. The summed E-state index contributed by atoms with van der Waals surface area (Å²) in [6.45, 7) is 5.16. The van der Waals surface area contributed by atoms with Crippen LogP contribution in [0.25, 0.3) is 11.5 Å². The zero-order valence-electron chi connectivity index (χ0n) is 14.7. The van der Waals surface area contributed by atoms with Gasteiger partial charge in [-0.2, -0.15) is 0 Å². The van der Waals surface area contributed by atoms with E-state index in [1.165, 1.54) is 24.8 Å². The van der Waals surface area contributed by atoms with Crippen LogP contribution in [0.4, 0.5) is 5.69 Å². The summed E-state index contributed by atoms with van der Waals surface area (Å²) in [7, 11) is 0. The molecule has 1 N–H and O–H groups in total. The Labute approximate surface area is 148 Å². The summed E-state index contributed by atoms with van der Waals surface area (Å²) < 4.78 is 5.61. The molecule has 2 atom stereocenters. The Balaban J connectivity index is 1.41. The van der Waals surface area contributed by atoms with Crippen molar-refractivity contribution in [2.45, 2.75) is 39.2 Å². The van der Waals surface area contributed by atoms with Crippen LogP contribution in [0.1, 0.15) is 30.5 Å². The second-order valence-electron chi connectivity index (χ2n) is 7.46. The van der Waals surface area contributed by atoms with E-state index in [4.69, 9.17) is 4.42 Å². The van der Waals surface area contributed by atoms with Gasteiger partial charge in [0.2, 0.25) is 5.89 Å². The highest BCUT2D eigenvalue weighted by Gasteiger charge is 2.43. The van der Waals surface area contributed by atoms with E-state index in [-0.39, 0.29) is 0 Å². The molecule has 0 spiro atoms. The van der Waals surface area contributed by atoms with Gasteiger partial charge < -0.3 is 9.84 Å². The molecule has 1 aromatic carbocycles. The Morgan fingerprint density at radius 2 is 2.20 bits per heavy atom. The number of hydrazine groups is 1. The van der Waals surface area contributed by atoms with E-state index in [1.807, 2.05) is 6.92 Å². The highest BCUT2D eigenvalue weighted by atomic mass is 16.3. The van der Waals surface area contributed by atoms with E-state index in [2.05, 4.69) is 52.7 Å². The zero-order chi connectivity index (χ0) is 17.0. The number of benzene rings is 1. The number of fused-ring (bicyclic) bond motifs is 4. The molecule has 2 aromatic rings. The lowest BCUT2D eigenvalue weighted by atomic mass is 9.91. The van der Waals surface area contributed by atoms with Gasteiger partial charge in [0.05, 0.1) is 11.7 Å². The molecule has 0 saturated carbocycles. The van der Waals surface area contributed by atoms with Crippen molar-refractivity contribution in [3.63, 3.8) is 0 Å². The standard InChI is InChI=1S/C21H23N3O/c1-13-7-8-16(10-19(13)21-22-14(2)12-25-21)23-24-11-15-9-20(24)18-6-4-3-5-17(15)18/h4,6-8,10,12,15,20,23H,3,5,9,11H2,1-2H3. The van der Waals surface area contributed by atoms with E-state index < -0.39 is 0 Å². The Kier molecular flexibility index (Phi) is 3.35. The fraction of sp³-hybridized carbons (Fsp3) is 0.381. The quantitative estimate of drug-likeness (QED) is 0.889. The third-order valence-electron chi connectivity index (χ3n) is 5.76. The largest absolute Gasteiger partial charge is 0.444 e. The fourth-order valence-electron chi connectivity index (χ4n) is 4.54. The summed E-state index contributed by atoms with van der Waals surface area (Å²) in [5.41, 5.74) is 11.2. The van der Waals surface area contributed by atoms with Crippen LogP contribution in [-0.2, 0) is 0 Å². The summed E-state index contributed by atoms with van der Waals surface area (Å²) in [6, 6.07) is 6.95. The van der Waals surface area contributed by atoms with Crippen molar-refractivity contribution in [1.82, 2.24) is 9.99 Å². The minimum atomic E-state index is 0.519. The first kappa shape index (κ1) is 15.0. The summed E-state index contributed by atoms with van der Waals surface area (Å²) in [4.78, 5) is 4.48. The van der Waals surface area contributed by atoms with Crippen LogP contribution < -0.4 is 5.43 Å². The van der Waals surface area contributed by atoms with Crippen molar-refractivity contribution in [3.05, 3.63) is 59.0 Å². The molecule has 2 aliphatic carbocycles. The number of hydrogen-bond acceptors (Lipinski definition) is 4. The maximum Gasteiger partial charge on any atom is 0.226 e. The Morgan fingerprint density at radius 1 is 1.28 bits per heavy atom. The Hall–Kier alpha value is -2.33. The lowest BCUT2D eigenvalue weighted by molar-refractivity contribution is 0.324. The average molecular weight is 333 g/mol. The Morgan fingerprint density at radius 3 is 3.04 bits per heavy atom. The topological polar surface area (TPSA) is 41.3 Å². The average Bonchev–Trinajstić information content (AvgIpc) is 3.32. The molecule has 2 bridgehead atoms. The molecular weight excluding hydrogens is 310 g/mol. The van der Waals surface area contributed by atoms with Gasteiger partial charge in [-0.3, -0.25) is 0 Å². The lowest BCUT2D eigenvalue weighted by Crippen LogP contribution is -2.38. The molecule has 4 heteroatoms. The van der Waals surface area contributed by atoms with Crippen molar-refractivity contribution < 1.29 is 4.42 Å². The van der Waals surface area contributed by atoms with Gasteiger partial charge in [0.25, 0.3) is 0 Å². The summed E-state index contributed by atoms with van der Waals surface area (Å²) in [5, 5.41) is 2.41. The number of nitrogens with one attached hydrogen (secondary N) is 1. The summed E-state index contributed by atoms with van der Waals surface area (Å²) in [6.07, 6.45) is 10.1. The molecule has 1 saturated heterocycles. The highest BCUT2D eigenvalue weighted by Crippen LogP contribution is 2.46. The van der Waals surface area contributed by atoms with Crippen molar-refractivity contribution in [2.75, 3.05) is 12.0 Å². The molecular formula is C21H23N3O. The van der Waals surface area contributed by atoms with Gasteiger partial charge in [-0.05, 0) is 62.3 Å². The van der Waals surface area contributed by atoms with Crippen molar-refractivity contribution >= 4 is 5.69 Å². The smallest absolute Gasteiger partial charge is 0.226 e. The number of nitrogens with zero attached hydrogens (tertiary/aromatic N) is 2. The normalized spacial score (nSPS) is 24.9. The molecule has 5 rings (SSSR count). The number of rotatable bonds is 3. The van der Waals surface area contributed by atoms with Crippen molar-refractivity contribution in [3.8, 4) is 11.5 Å². The third kappa shape index (κ3) is 2.44. The van der Waals surface area contributed by atoms with E-state index in [0.29, 0.717) is 11.9 Å². The highest BCUT2D eigenvalue weighted by molar-refractivity contribution is 5.65. The van der Waals surface area contributed by atoms with Crippen molar-refractivity contribution in [1.29, 1.82) is 0 Å². The predicted octanol–water partition coefficient (Wildman–Crippen LogP) is 4.64. The van der Waals surface area contributed by atoms with Crippen LogP contribution >= 0.6 is 0 Å². The number of hydrogen-bond donors (Lipinski definition) is 1.